The first-order valence-electron chi connectivity index (χ1n) is 4.00. The molecule has 0 amide bonds. The Hall–Kier alpha value is -1.55. The number of nitrogens with one attached hydrogen (secondary N) is 1. The first-order chi connectivity index (χ1) is 6.66. The first-order valence-corrected chi connectivity index (χ1v) is 4.38. The van der Waals surface area contributed by atoms with Crippen molar-refractivity contribution in [3.63, 3.8) is 0 Å². The molecule has 0 spiro atoms. The van der Waals surface area contributed by atoms with Crippen LogP contribution in [0.2, 0.25) is 5.02 Å². The van der Waals surface area contributed by atoms with Crippen LogP contribution in [0.4, 0.5) is 0 Å². The van der Waals surface area contributed by atoms with Gasteiger partial charge in [0, 0.05) is 18.0 Å². The second-order valence-electron chi connectivity index (χ2n) is 2.93. The predicted octanol–water partition coefficient (Wildman–Crippen LogP) is 1.84. The van der Waals surface area contributed by atoms with E-state index in [0.29, 0.717) is 16.1 Å². The van der Waals surface area contributed by atoms with Crippen LogP contribution >= 0.6 is 11.6 Å². The summed E-state index contributed by atoms with van der Waals surface area (Å²) in [7, 11) is 0. The Balaban J connectivity index is 2.52. The van der Waals surface area contributed by atoms with Crippen molar-refractivity contribution in [1.29, 1.82) is 0 Å². The quantitative estimate of drug-likeness (QED) is 0.795. The molecule has 0 aliphatic heterocycles. The fourth-order valence-corrected chi connectivity index (χ4v) is 1.49. The number of pyridine rings is 1. The highest BCUT2D eigenvalue weighted by molar-refractivity contribution is 6.31. The minimum Gasteiger partial charge on any atom is -0.481 e. The molecule has 5 heteroatoms. The molecule has 0 saturated heterocycles. The number of carboxylic acids is 1. The summed E-state index contributed by atoms with van der Waals surface area (Å²) in [6, 6.07) is 1.72. The van der Waals surface area contributed by atoms with Crippen LogP contribution in [0.25, 0.3) is 11.0 Å². The van der Waals surface area contributed by atoms with E-state index in [4.69, 9.17) is 16.7 Å². The maximum atomic E-state index is 10.5. The van der Waals surface area contributed by atoms with E-state index >= 15 is 0 Å². The Bertz CT molecular complexity index is 493. The van der Waals surface area contributed by atoms with Gasteiger partial charge in [0.25, 0.3) is 0 Å². The molecule has 0 aromatic carbocycles. The molecule has 0 fully saturated rings. The molecular weight excluding hydrogens is 204 g/mol. The monoisotopic (exact) mass is 210 g/mol. The molecule has 0 aliphatic carbocycles. The van der Waals surface area contributed by atoms with Crippen LogP contribution < -0.4 is 0 Å². The zero-order valence-corrected chi connectivity index (χ0v) is 7.88. The van der Waals surface area contributed by atoms with E-state index in [1.165, 1.54) is 6.20 Å². The molecule has 0 atom stereocenters. The van der Waals surface area contributed by atoms with Gasteiger partial charge in [-0.15, -0.1) is 0 Å². The lowest BCUT2D eigenvalue weighted by molar-refractivity contribution is -0.136. The molecule has 2 N–H and O–H groups in total. The summed E-state index contributed by atoms with van der Waals surface area (Å²) in [5, 5.41) is 9.16. The van der Waals surface area contributed by atoms with Gasteiger partial charge < -0.3 is 10.1 Å². The van der Waals surface area contributed by atoms with E-state index in [1.54, 1.807) is 12.3 Å². The molecule has 72 valence electrons. The molecular formula is C9H7ClN2O2. The zero-order valence-electron chi connectivity index (χ0n) is 7.12. The van der Waals surface area contributed by atoms with Gasteiger partial charge in [0.15, 0.2) is 0 Å². The Kier molecular flexibility index (Phi) is 2.13. The number of aromatic amines is 1. The van der Waals surface area contributed by atoms with Gasteiger partial charge in [-0.3, -0.25) is 9.78 Å². The molecule has 14 heavy (non-hydrogen) atoms. The third-order valence-electron chi connectivity index (χ3n) is 1.90. The maximum Gasteiger partial charge on any atom is 0.307 e. The molecule has 2 rings (SSSR count). The predicted molar refractivity (Wildman–Crippen MR) is 52.4 cm³/mol. The van der Waals surface area contributed by atoms with Crippen LogP contribution in [0.5, 0.6) is 0 Å². The number of hydrogen-bond acceptors (Lipinski definition) is 2. The smallest absolute Gasteiger partial charge is 0.307 e. The number of H-pyrrole nitrogens is 1. The summed E-state index contributed by atoms with van der Waals surface area (Å²) in [6.07, 6.45) is 3.11. The lowest BCUT2D eigenvalue weighted by atomic mass is 10.2. The molecule has 0 radical (unpaired) electrons. The normalized spacial score (nSPS) is 10.6. The summed E-state index contributed by atoms with van der Waals surface area (Å²) in [4.78, 5) is 17.5. The number of fused-ring (bicyclic) bond motifs is 1. The van der Waals surface area contributed by atoms with E-state index in [-0.39, 0.29) is 6.42 Å². The lowest BCUT2D eigenvalue weighted by Crippen LogP contribution is -1.99. The van der Waals surface area contributed by atoms with Crippen LogP contribution in [-0.2, 0) is 11.2 Å². The highest BCUT2D eigenvalue weighted by atomic mass is 35.5. The van der Waals surface area contributed by atoms with E-state index in [1.807, 2.05) is 0 Å². The summed E-state index contributed by atoms with van der Waals surface area (Å²) in [5.41, 5.74) is 2.09. The Labute approximate surface area is 84.5 Å². The van der Waals surface area contributed by atoms with Gasteiger partial charge in [0.2, 0.25) is 0 Å². The molecule has 4 nitrogen and oxygen atoms in total. The number of hydrogen-bond donors (Lipinski definition) is 2. The van der Waals surface area contributed by atoms with E-state index in [9.17, 15) is 4.79 Å². The van der Waals surface area contributed by atoms with Gasteiger partial charge in [0.1, 0.15) is 0 Å². The second kappa shape index (κ2) is 3.31. The standard InChI is InChI=1S/C9H7ClN2O2/c10-6-2-7-9(12-4-6)5(3-11-7)1-8(13)14/h2-4,11H,1H2,(H,13,14). The van der Waals surface area contributed by atoms with Gasteiger partial charge >= 0.3 is 5.97 Å². The van der Waals surface area contributed by atoms with Gasteiger partial charge in [-0.2, -0.15) is 0 Å². The van der Waals surface area contributed by atoms with Gasteiger partial charge in [0.05, 0.1) is 22.5 Å². The molecule has 0 unspecified atom stereocenters. The van der Waals surface area contributed by atoms with Crippen molar-refractivity contribution in [2.75, 3.05) is 0 Å². The third kappa shape index (κ3) is 1.56. The van der Waals surface area contributed by atoms with Crippen molar-refractivity contribution in [2.24, 2.45) is 0 Å². The third-order valence-corrected chi connectivity index (χ3v) is 2.11. The van der Waals surface area contributed by atoms with Crippen LogP contribution in [0.3, 0.4) is 0 Å². The average Bonchev–Trinajstić information content (AvgIpc) is 2.47. The van der Waals surface area contributed by atoms with Crippen LogP contribution in [0, 0.1) is 0 Å². The lowest BCUT2D eigenvalue weighted by Gasteiger charge is -1.93. The van der Waals surface area contributed by atoms with Crippen molar-refractivity contribution in [1.82, 2.24) is 9.97 Å². The molecule has 0 bridgehead atoms. The van der Waals surface area contributed by atoms with Crippen molar-refractivity contribution in [3.8, 4) is 0 Å². The molecule has 0 saturated carbocycles. The van der Waals surface area contributed by atoms with E-state index in [0.717, 1.165) is 5.52 Å². The highest BCUT2D eigenvalue weighted by Gasteiger charge is 2.08. The minimum absolute atomic E-state index is 0.0331. The van der Waals surface area contributed by atoms with Crippen LogP contribution in [0.1, 0.15) is 5.56 Å². The zero-order chi connectivity index (χ0) is 10.1. The molecule has 2 heterocycles. The number of nitrogens with zero attached hydrogens (tertiary/aromatic N) is 1. The number of aromatic nitrogens is 2. The van der Waals surface area contributed by atoms with Crippen LogP contribution in [0.15, 0.2) is 18.5 Å². The van der Waals surface area contributed by atoms with Crippen molar-refractivity contribution in [3.05, 3.63) is 29.0 Å². The van der Waals surface area contributed by atoms with Crippen molar-refractivity contribution < 1.29 is 9.90 Å². The van der Waals surface area contributed by atoms with E-state index < -0.39 is 5.97 Å². The Morgan fingerprint density at radius 3 is 3.14 bits per heavy atom. The summed E-state index contributed by atoms with van der Waals surface area (Å²) in [5.74, 6) is -0.873. The highest BCUT2D eigenvalue weighted by Crippen LogP contribution is 2.19. The second-order valence-corrected chi connectivity index (χ2v) is 3.37. The number of carbonyl (C=O) groups is 1. The van der Waals surface area contributed by atoms with Crippen LogP contribution in [-0.4, -0.2) is 21.0 Å². The van der Waals surface area contributed by atoms with Gasteiger partial charge in [-0.05, 0) is 6.07 Å². The number of rotatable bonds is 2. The summed E-state index contributed by atoms with van der Waals surface area (Å²) < 4.78 is 0. The molecule has 0 aliphatic rings. The summed E-state index contributed by atoms with van der Waals surface area (Å²) in [6.45, 7) is 0. The molecule has 2 aromatic rings. The Morgan fingerprint density at radius 1 is 1.64 bits per heavy atom. The number of carboxylic acid groups (broad SMARTS) is 1. The topological polar surface area (TPSA) is 66.0 Å². The average molecular weight is 211 g/mol. The fourth-order valence-electron chi connectivity index (χ4n) is 1.34. The molecule has 2 aromatic heterocycles. The number of aliphatic carboxylic acids is 1. The van der Waals surface area contributed by atoms with Crippen molar-refractivity contribution in [2.45, 2.75) is 6.42 Å². The summed E-state index contributed by atoms with van der Waals surface area (Å²) >= 11 is 5.73. The van der Waals surface area contributed by atoms with Gasteiger partial charge in [-0.1, -0.05) is 11.6 Å². The Morgan fingerprint density at radius 2 is 2.43 bits per heavy atom. The SMILES string of the molecule is O=C(O)Cc1c[nH]c2cc(Cl)cnc12. The minimum atomic E-state index is -0.873. The first kappa shape index (κ1) is 9.02. The van der Waals surface area contributed by atoms with Crippen molar-refractivity contribution >= 4 is 28.6 Å². The maximum absolute atomic E-state index is 10.5. The van der Waals surface area contributed by atoms with E-state index in [2.05, 4.69) is 9.97 Å². The number of halogens is 1. The fraction of sp³-hybridized carbons (Fsp3) is 0.111. The largest absolute Gasteiger partial charge is 0.481 e. The van der Waals surface area contributed by atoms with Gasteiger partial charge in [-0.25, -0.2) is 0 Å².